The molecule has 0 unspecified atom stereocenters. The zero-order valence-electron chi connectivity index (χ0n) is 15.0. The highest BCUT2D eigenvalue weighted by atomic mass is 127. The molecule has 0 spiro atoms. The van der Waals surface area contributed by atoms with E-state index in [1.165, 1.54) is 4.90 Å². The molecule has 0 atom stereocenters. The van der Waals surface area contributed by atoms with Crippen LogP contribution in [0.1, 0.15) is 23.2 Å². The Balaban J connectivity index is 0.00000364. The highest BCUT2D eigenvalue weighted by Gasteiger charge is 2.33. The summed E-state index contributed by atoms with van der Waals surface area (Å²) in [5.74, 6) is 0.633. The van der Waals surface area contributed by atoms with Gasteiger partial charge in [-0.15, -0.1) is 47.1 Å². The van der Waals surface area contributed by atoms with Gasteiger partial charge in [-0.3, -0.25) is 0 Å². The molecule has 0 radical (unpaired) electrons. The Kier molecular flexibility index (Phi) is 10.5. The molecule has 0 saturated carbocycles. The molecule has 0 aliphatic carbocycles. The topological polar surface area (TPSA) is 49.3 Å². The first-order valence-corrected chi connectivity index (χ1v) is 10.2. The van der Waals surface area contributed by atoms with E-state index in [0.717, 1.165) is 22.3 Å². The van der Waals surface area contributed by atoms with Gasteiger partial charge in [-0.25, -0.2) is 9.98 Å². The summed E-state index contributed by atoms with van der Waals surface area (Å²) in [4.78, 5) is 9.33. The molecule has 2 N–H and O–H groups in total. The second-order valence-electron chi connectivity index (χ2n) is 5.34. The van der Waals surface area contributed by atoms with Crippen molar-refractivity contribution in [2.75, 3.05) is 19.3 Å². The molecule has 0 amide bonds. The van der Waals surface area contributed by atoms with Crippen LogP contribution in [-0.4, -0.2) is 30.3 Å². The first-order valence-electron chi connectivity index (χ1n) is 8.09. The Hall–Kier alpha value is -1.01. The van der Waals surface area contributed by atoms with Crippen molar-refractivity contribution in [1.82, 2.24) is 15.6 Å². The maximum absolute atomic E-state index is 12.6. The van der Waals surface area contributed by atoms with Crippen molar-refractivity contribution in [2.45, 2.75) is 31.0 Å². The number of aromatic nitrogens is 1. The third-order valence-corrected chi connectivity index (χ3v) is 5.05. The van der Waals surface area contributed by atoms with Gasteiger partial charge in [-0.05, 0) is 30.9 Å². The predicted molar refractivity (Wildman–Crippen MR) is 117 cm³/mol. The number of thioether (sulfide) groups is 1. The van der Waals surface area contributed by atoms with Crippen LogP contribution in [0.5, 0.6) is 0 Å². The van der Waals surface area contributed by atoms with E-state index in [9.17, 15) is 13.2 Å². The number of rotatable bonds is 7. The summed E-state index contributed by atoms with van der Waals surface area (Å²) < 4.78 is 37.7. The lowest BCUT2D eigenvalue weighted by Crippen LogP contribution is -2.38. The van der Waals surface area contributed by atoms with E-state index in [-0.39, 0.29) is 24.0 Å². The van der Waals surface area contributed by atoms with Crippen LogP contribution in [0.2, 0.25) is 0 Å². The smallest absolute Gasteiger partial charge is 0.357 e. The molecule has 4 nitrogen and oxygen atoms in total. The van der Waals surface area contributed by atoms with Gasteiger partial charge in [-0.1, -0.05) is 12.1 Å². The Morgan fingerprint density at radius 3 is 2.48 bits per heavy atom. The largest absolute Gasteiger partial charge is 0.434 e. The highest BCUT2D eigenvalue weighted by molar-refractivity contribution is 14.0. The van der Waals surface area contributed by atoms with Gasteiger partial charge in [0.1, 0.15) is 0 Å². The molecule has 0 saturated heterocycles. The maximum Gasteiger partial charge on any atom is 0.434 e. The average molecular weight is 530 g/mol. The molecule has 1 heterocycles. The van der Waals surface area contributed by atoms with Gasteiger partial charge in [0.05, 0.1) is 11.6 Å². The van der Waals surface area contributed by atoms with Crippen LogP contribution in [0.25, 0.3) is 0 Å². The summed E-state index contributed by atoms with van der Waals surface area (Å²) in [6.45, 7) is 3.65. The van der Waals surface area contributed by atoms with E-state index >= 15 is 0 Å². The number of halogens is 4. The van der Waals surface area contributed by atoms with E-state index < -0.39 is 11.9 Å². The van der Waals surface area contributed by atoms with Crippen LogP contribution >= 0.6 is 47.1 Å². The SMILES string of the molecule is CCNC(=NCc1ccc(SC)cc1)NCCc1nc(C(F)(F)F)cs1.I. The minimum absolute atomic E-state index is 0. The van der Waals surface area contributed by atoms with Crippen molar-refractivity contribution < 1.29 is 13.2 Å². The number of hydrogen-bond donors (Lipinski definition) is 2. The lowest BCUT2D eigenvalue weighted by Gasteiger charge is -2.10. The van der Waals surface area contributed by atoms with Gasteiger partial charge >= 0.3 is 6.18 Å². The molecule has 27 heavy (non-hydrogen) atoms. The Morgan fingerprint density at radius 1 is 1.22 bits per heavy atom. The molecule has 2 rings (SSSR count). The van der Waals surface area contributed by atoms with Crippen molar-refractivity contribution in [2.24, 2.45) is 4.99 Å². The molecule has 1 aromatic heterocycles. The molecule has 0 aliphatic rings. The van der Waals surface area contributed by atoms with E-state index in [1.807, 2.05) is 25.3 Å². The van der Waals surface area contributed by atoms with Crippen molar-refractivity contribution in [3.8, 4) is 0 Å². The van der Waals surface area contributed by atoms with Crippen molar-refractivity contribution in [3.05, 3.63) is 45.9 Å². The van der Waals surface area contributed by atoms with Crippen LogP contribution in [0.4, 0.5) is 13.2 Å². The predicted octanol–water partition coefficient (Wildman–Crippen LogP) is 4.80. The maximum atomic E-state index is 12.6. The van der Waals surface area contributed by atoms with Crippen LogP contribution < -0.4 is 10.6 Å². The summed E-state index contributed by atoms with van der Waals surface area (Å²) in [7, 11) is 0. The van der Waals surface area contributed by atoms with E-state index in [4.69, 9.17) is 0 Å². The second-order valence-corrected chi connectivity index (χ2v) is 7.17. The fraction of sp³-hybridized carbons (Fsp3) is 0.412. The Labute approximate surface area is 182 Å². The second kappa shape index (κ2) is 11.7. The summed E-state index contributed by atoms with van der Waals surface area (Å²) in [5.41, 5.74) is 0.265. The van der Waals surface area contributed by atoms with E-state index in [1.54, 1.807) is 11.8 Å². The molecule has 0 bridgehead atoms. The highest BCUT2D eigenvalue weighted by Crippen LogP contribution is 2.30. The average Bonchev–Trinajstić information content (AvgIpc) is 3.09. The lowest BCUT2D eigenvalue weighted by atomic mass is 10.2. The first-order chi connectivity index (χ1) is 12.4. The number of guanidine groups is 1. The molecule has 150 valence electrons. The third kappa shape index (κ3) is 8.26. The lowest BCUT2D eigenvalue weighted by molar-refractivity contribution is -0.140. The molecular weight excluding hydrogens is 508 g/mol. The van der Waals surface area contributed by atoms with Crippen LogP contribution in [0, 0.1) is 0 Å². The number of nitrogens with zero attached hydrogens (tertiary/aromatic N) is 2. The molecule has 2 aromatic rings. The van der Waals surface area contributed by atoms with Crippen LogP contribution in [-0.2, 0) is 19.1 Å². The fourth-order valence-corrected chi connectivity index (χ4v) is 3.30. The minimum Gasteiger partial charge on any atom is -0.357 e. The molecular formula is C17H22F3IN4S2. The van der Waals surface area contributed by atoms with Gasteiger partial charge in [0, 0.05) is 29.8 Å². The number of nitrogens with one attached hydrogen (secondary N) is 2. The Bertz CT molecular complexity index is 718. The van der Waals surface area contributed by atoms with Gasteiger partial charge < -0.3 is 10.6 Å². The number of alkyl halides is 3. The van der Waals surface area contributed by atoms with Gasteiger partial charge in [-0.2, -0.15) is 13.2 Å². The number of aliphatic imine (C=N–C) groups is 1. The zero-order chi connectivity index (χ0) is 19.0. The molecule has 1 aromatic carbocycles. The van der Waals surface area contributed by atoms with E-state index in [2.05, 4.69) is 32.7 Å². The third-order valence-electron chi connectivity index (χ3n) is 3.40. The zero-order valence-corrected chi connectivity index (χ0v) is 18.9. The quantitative estimate of drug-likeness (QED) is 0.234. The normalized spacial score (nSPS) is 11.8. The first kappa shape index (κ1) is 24.0. The van der Waals surface area contributed by atoms with E-state index in [0.29, 0.717) is 37.0 Å². The van der Waals surface area contributed by atoms with Gasteiger partial charge in [0.25, 0.3) is 0 Å². The van der Waals surface area contributed by atoms with Crippen molar-refractivity contribution >= 4 is 53.0 Å². The number of thiazole rings is 1. The van der Waals surface area contributed by atoms with Crippen LogP contribution in [0.3, 0.4) is 0 Å². The minimum atomic E-state index is -4.38. The standard InChI is InChI=1S/C17H21F3N4S2.HI/c1-3-21-16(23-10-12-4-6-13(25-2)7-5-12)22-9-8-15-24-14(11-26-15)17(18,19)20;/h4-7,11H,3,8-10H2,1-2H3,(H2,21,22,23);1H. The molecule has 0 fully saturated rings. The summed E-state index contributed by atoms with van der Waals surface area (Å²) >= 11 is 2.71. The monoisotopic (exact) mass is 530 g/mol. The summed E-state index contributed by atoms with van der Waals surface area (Å²) in [5, 5.41) is 7.76. The Morgan fingerprint density at radius 2 is 1.93 bits per heavy atom. The number of benzene rings is 1. The van der Waals surface area contributed by atoms with Gasteiger partial charge in [0.15, 0.2) is 11.7 Å². The summed E-state index contributed by atoms with van der Waals surface area (Å²) in [6, 6.07) is 8.17. The van der Waals surface area contributed by atoms with Crippen LogP contribution in [0.15, 0.2) is 39.5 Å². The molecule has 10 heteroatoms. The van der Waals surface area contributed by atoms with Crippen molar-refractivity contribution in [1.29, 1.82) is 0 Å². The summed E-state index contributed by atoms with van der Waals surface area (Å²) in [6.07, 6.45) is -1.95. The van der Waals surface area contributed by atoms with Gasteiger partial charge in [0.2, 0.25) is 0 Å². The van der Waals surface area contributed by atoms with Crippen molar-refractivity contribution in [3.63, 3.8) is 0 Å². The number of hydrogen-bond acceptors (Lipinski definition) is 4. The fourth-order valence-electron chi connectivity index (χ4n) is 2.09. The molecule has 0 aliphatic heterocycles.